The van der Waals surface area contributed by atoms with Crippen LogP contribution in [0.2, 0.25) is 0 Å². The zero-order valence-corrected chi connectivity index (χ0v) is 14.1. The van der Waals surface area contributed by atoms with Crippen molar-refractivity contribution in [3.63, 3.8) is 0 Å². The fourth-order valence-corrected chi connectivity index (χ4v) is 2.23. The van der Waals surface area contributed by atoms with E-state index in [1.807, 2.05) is 23.1 Å². The number of likely N-dealkylation sites (N-methyl/N-ethyl adjacent to an activating group) is 1. The Balaban J connectivity index is 2.90. The van der Waals surface area contributed by atoms with E-state index in [4.69, 9.17) is 9.84 Å². The zero-order valence-electron chi connectivity index (χ0n) is 14.1. The predicted octanol–water partition coefficient (Wildman–Crippen LogP) is 2.43. The minimum Gasteiger partial charge on any atom is -0.496 e. The lowest BCUT2D eigenvalue weighted by Crippen LogP contribution is -2.27. The Morgan fingerprint density at radius 1 is 1.36 bits per heavy atom. The van der Waals surface area contributed by atoms with Crippen LogP contribution in [0.1, 0.15) is 44.4 Å². The number of carbonyl (C=O) groups is 1. The van der Waals surface area contributed by atoms with Crippen LogP contribution >= 0.6 is 0 Å². The van der Waals surface area contributed by atoms with E-state index in [-0.39, 0.29) is 11.8 Å². The van der Waals surface area contributed by atoms with Crippen molar-refractivity contribution in [2.75, 3.05) is 27.2 Å². The number of aliphatic hydroxyl groups excluding tert-OH is 1. The van der Waals surface area contributed by atoms with Crippen molar-refractivity contribution in [3.05, 3.63) is 29.3 Å². The lowest BCUT2D eigenvalue weighted by molar-refractivity contribution is -0.137. The van der Waals surface area contributed by atoms with Crippen molar-refractivity contribution >= 4 is 5.97 Å². The average molecular weight is 309 g/mol. The minimum absolute atomic E-state index is 0.0179. The molecule has 1 rings (SSSR count). The monoisotopic (exact) mass is 309 g/mol. The van der Waals surface area contributed by atoms with Crippen LogP contribution in [0.5, 0.6) is 5.75 Å². The van der Waals surface area contributed by atoms with Gasteiger partial charge in [-0.1, -0.05) is 26.8 Å². The highest BCUT2D eigenvalue weighted by molar-refractivity contribution is 5.66. The number of aliphatic carboxylic acids is 1. The number of ether oxygens (including phenoxy) is 1. The molecule has 0 spiro atoms. The van der Waals surface area contributed by atoms with Crippen LogP contribution in [0.25, 0.3) is 0 Å². The maximum atomic E-state index is 10.6. The predicted molar refractivity (Wildman–Crippen MR) is 86.4 cm³/mol. The number of hydrogen-bond acceptors (Lipinski definition) is 4. The molecule has 22 heavy (non-hydrogen) atoms. The van der Waals surface area contributed by atoms with E-state index >= 15 is 0 Å². The summed E-state index contributed by atoms with van der Waals surface area (Å²) >= 11 is 0. The Kier molecular flexibility index (Phi) is 6.38. The third kappa shape index (κ3) is 5.31. The van der Waals surface area contributed by atoms with E-state index in [1.54, 1.807) is 14.2 Å². The van der Waals surface area contributed by atoms with Crippen LogP contribution in [0.15, 0.2) is 18.2 Å². The summed E-state index contributed by atoms with van der Waals surface area (Å²) in [6, 6.07) is 5.84. The largest absolute Gasteiger partial charge is 0.496 e. The summed E-state index contributed by atoms with van der Waals surface area (Å²) in [5.74, 6) is -0.194. The normalized spacial score (nSPS) is 13.2. The van der Waals surface area contributed by atoms with Crippen molar-refractivity contribution in [1.82, 2.24) is 4.90 Å². The lowest BCUT2D eigenvalue weighted by atomic mass is 9.85. The molecule has 0 aliphatic carbocycles. The molecule has 1 atom stereocenters. The number of methoxy groups -OCH3 is 1. The van der Waals surface area contributed by atoms with Gasteiger partial charge in [0.05, 0.1) is 19.6 Å². The van der Waals surface area contributed by atoms with Crippen LogP contribution in [0, 0.1) is 0 Å². The molecule has 124 valence electrons. The van der Waals surface area contributed by atoms with Crippen molar-refractivity contribution in [1.29, 1.82) is 0 Å². The summed E-state index contributed by atoms with van der Waals surface area (Å²) in [4.78, 5) is 12.4. The van der Waals surface area contributed by atoms with E-state index in [0.717, 1.165) is 11.1 Å². The number of hydrogen-bond donors (Lipinski definition) is 2. The summed E-state index contributed by atoms with van der Waals surface area (Å²) in [7, 11) is 3.38. The molecule has 1 aromatic carbocycles. The van der Waals surface area contributed by atoms with Gasteiger partial charge in [0, 0.05) is 18.7 Å². The molecular formula is C17H27NO4. The molecule has 0 fully saturated rings. The van der Waals surface area contributed by atoms with Gasteiger partial charge in [-0.3, -0.25) is 4.79 Å². The molecule has 5 nitrogen and oxygen atoms in total. The number of nitrogens with zero attached hydrogens (tertiary/aromatic N) is 1. The quantitative estimate of drug-likeness (QED) is 0.809. The van der Waals surface area contributed by atoms with Gasteiger partial charge < -0.3 is 19.8 Å². The highest BCUT2D eigenvalue weighted by Gasteiger charge is 2.20. The highest BCUT2D eigenvalue weighted by atomic mass is 16.5. The second-order valence-electron chi connectivity index (χ2n) is 6.63. The van der Waals surface area contributed by atoms with Gasteiger partial charge in [0.1, 0.15) is 5.75 Å². The van der Waals surface area contributed by atoms with Crippen LogP contribution in [-0.2, 0) is 10.2 Å². The first kappa shape index (κ1) is 18.5. The number of aliphatic hydroxyl groups is 1. The van der Waals surface area contributed by atoms with E-state index in [2.05, 4.69) is 20.8 Å². The van der Waals surface area contributed by atoms with Gasteiger partial charge in [-0.25, -0.2) is 0 Å². The van der Waals surface area contributed by atoms with Crippen molar-refractivity contribution < 1.29 is 19.7 Å². The summed E-state index contributed by atoms with van der Waals surface area (Å²) in [6.07, 6.45) is -0.668. The highest BCUT2D eigenvalue weighted by Crippen LogP contribution is 2.31. The number of carboxylic acids is 1. The van der Waals surface area contributed by atoms with Crippen LogP contribution in [0.4, 0.5) is 0 Å². The molecule has 1 aromatic rings. The topological polar surface area (TPSA) is 70.0 Å². The summed E-state index contributed by atoms with van der Waals surface area (Å²) in [5.41, 5.74) is 1.84. The Morgan fingerprint density at radius 3 is 2.50 bits per heavy atom. The van der Waals surface area contributed by atoms with Crippen LogP contribution in [0.3, 0.4) is 0 Å². The van der Waals surface area contributed by atoms with E-state index in [0.29, 0.717) is 18.8 Å². The molecule has 0 amide bonds. The molecule has 0 aliphatic rings. The van der Waals surface area contributed by atoms with Gasteiger partial charge in [0.2, 0.25) is 0 Å². The molecular weight excluding hydrogens is 282 g/mol. The third-order valence-corrected chi connectivity index (χ3v) is 3.65. The Hall–Kier alpha value is -1.59. The summed E-state index contributed by atoms with van der Waals surface area (Å²) in [6.45, 7) is 7.10. The maximum Gasteiger partial charge on any atom is 0.304 e. The molecule has 0 saturated heterocycles. The summed E-state index contributed by atoms with van der Waals surface area (Å²) in [5, 5.41) is 19.2. The molecule has 0 heterocycles. The smallest absolute Gasteiger partial charge is 0.304 e. The lowest BCUT2D eigenvalue weighted by Gasteiger charge is -2.25. The van der Waals surface area contributed by atoms with Gasteiger partial charge >= 0.3 is 5.97 Å². The van der Waals surface area contributed by atoms with Crippen LogP contribution in [-0.4, -0.2) is 48.3 Å². The number of carboxylic acid groups (broad SMARTS) is 1. The minimum atomic E-state index is -0.839. The Labute approximate surface area is 132 Å². The molecule has 5 heteroatoms. The first-order valence-corrected chi connectivity index (χ1v) is 7.42. The number of rotatable bonds is 7. The first-order chi connectivity index (χ1) is 10.1. The molecule has 0 aliphatic heterocycles. The molecule has 2 N–H and O–H groups in total. The molecule has 0 bridgehead atoms. The van der Waals surface area contributed by atoms with Gasteiger partial charge in [0.15, 0.2) is 0 Å². The van der Waals surface area contributed by atoms with E-state index in [9.17, 15) is 9.90 Å². The Bertz CT molecular complexity index is 508. The van der Waals surface area contributed by atoms with Crippen molar-refractivity contribution in [3.8, 4) is 5.75 Å². The number of benzene rings is 1. The summed E-state index contributed by atoms with van der Waals surface area (Å²) < 4.78 is 5.34. The molecule has 0 radical (unpaired) electrons. The molecule has 1 unspecified atom stereocenters. The van der Waals surface area contributed by atoms with Gasteiger partial charge in [-0.05, 0) is 30.2 Å². The van der Waals surface area contributed by atoms with E-state index < -0.39 is 12.1 Å². The zero-order chi connectivity index (χ0) is 16.9. The van der Waals surface area contributed by atoms with Gasteiger partial charge in [0.25, 0.3) is 0 Å². The van der Waals surface area contributed by atoms with Gasteiger partial charge in [-0.2, -0.15) is 0 Å². The third-order valence-electron chi connectivity index (χ3n) is 3.65. The fourth-order valence-electron chi connectivity index (χ4n) is 2.23. The van der Waals surface area contributed by atoms with E-state index in [1.165, 1.54) is 0 Å². The molecule has 0 saturated carbocycles. The first-order valence-electron chi connectivity index (χ1n) is 7.42. The average Bonchev–Trinajstić information content (AvgIpc) is 2.43. The molecule has 0 aromatic heterocycles. The standard InChI is InChI=1S/C17H27NO4/c1-17(2,3)12-6-7-15(22-5)13(10-12)14(19)11-18(4)9-8-16(20)21/h6-7,10,14,19H,8-9,11H2,1-5H3,(H,20,21). The van der Waals surface area contributed by atoms with Gasteiger partial charge in [-0.15, -0.1) is 0 Å². The Morgan fingerprint density at radius 2 is 2.00 bits per heavy atom. The maximum absolute atomic E-state index is 10.6. The fraction of sp³-hybridized carbons (Fsp3) is 0.588. The second-order valence-corrected chi connectivity index (χ2v) is 6.63. The van der Waals surface area contributed by atoms with Crippen LogP contribution < -0.4 is 4.74 Å². The second kappa shape index (κ2) is 7.61. The SMILES string of the molecule is COc1ccc(C(C)(C)C)cc1C(O)CN(C)CCC(=O)O. The van der Waals surface area contributed by atoms with Crippen molar-refractivity contribution in [2.45, 2.75) is 38.7 Å². The van der Waals surface area contributed by atoms with Crippen molar-refractivity contribution in [2.24, 2.45) is 0 Å².